The molecule has 1 aliphatic carbocycles. The van der Waals surface area contributed by atoms with E-state index in [1.54, 1.807) is 0 Å². The van der Waals surface area contributed by atoms with Crippen molar-refractivity contribution in [3.8, 4) is 5.75 Å². The van der Waals surface area contributed by atoms with Crippen LogP contribution in [-0.4, -0.2) is 6.61 Å². The van der Waals surface area contributed by atoms with Crippen LogP contribution in [0, 0.1) is 29.3 Å². The van der Waals surface area contributed by atoms with E-state index >= 15 is 0 Å². The summed E-state index contributed by atoms with van der Waals surface area (Å²) in [5.74, 6) is -2.62. The minimum Gasteiger partial charge on any atom is -0.493 e. The highest BCUT2D eigenvalue weighted by Gasteiger charge is 2.19. The summed E-state index contributed by atoms with van der Waals surface area (Å²) in [6, 6.07) is 1.79. The lowest BCUT2D eigenvalue weighted by Gasteiger charge is -2.26. The van der Waals surface area contributed by atoms with E-state index in [-0.39, 0.29) is 5.75 Å². The number of ether oxygens (including phenoxy) is 1. The molecule has 1 aromatic carbocycles. The average Bonchev–Trinajstić information content (AvgIpc) is 2.35. The molecule has 100 valence electrons. The highest BCUT2D eigenvalue weighted by molar-refractivity contribution is 5.25. The fraction of sp³-hybridized carbons (Fsp3) is 0.571. The normalized spacial score (nSPS) is 24.0. The molecule has 2 rings (SSSR count). The zero-order valence-electron chi connectivity index (χ0n) is 10.4. The van der Waals surface area contributed by atoms with Gasteiger partial charge in [-0.2, -0.15) is 0 Å². The van der Waals surface area contributed by atoms with Gasteiger partial charge in [-0.15, -0.1) is 0 Å². The van der Waals surface area contributed by atoms with Crippen molar-refractivity contribution in [3.63, 3.8) is 0 Å². The summed E-state index contributed by atoms with van der Waals surface area (Å²) in [7, 11) is 0. The molecule has 0 unspecified atom stereocenters. The Balaban J connectivity index is 1.90. The van der Waals surface area contributed by atoms with E-state index in [9.17, 15) is 13.2 Å². The first-order valence-corrected chi connectivity index (χ1v) is 6.33. The maximum Gasteiger partial charge on any atom is 0.194 e. The van der Waals surface area contributed by atoms with Crippen molar-refractivity contribution >= 4 is 0 Å². The molecule has 0 N–H and O–H groups in total. The lowest BCUT2D eigenvalue weighted by atomic mass is 9.83. The standard InChI is InChI=1S/C14H17F3O/c1-9-2-4-10(5-3-9)8-18-11-6-12(15)14(17)13(16)7-11/h6-7,9-10H,2-5,8H2,1H3. The summed E-state index contributed by atoms with van der Waals surface area (Å²) < 4.78 is 44.0. The van der Waals surface area contributed by atoms with Crippen molar-refractivity contribution in [3.05, 3.63) is 29.6 Å². The van der Waals surface area contributed by atoms with Gasteiger partial charge < -0.3 is 4.74 Å². The summed E-state index contributed by atoms with van der Waals surface area (Å²) in [5, 5.41) is 0. The van der Waals surface area contributed by atoms with Crippen LogP contribution in [0.3, 0.4) is 0 Å². The maximum absolute atomic E-state index is 13.0. The van der Waals surface area contributed by atoms with E-state index in [2.05, 4.69) is 6.92 Å². The lowest BCUT2D eigenvalue weighted by Crippen LogP contribution is -2.18. The molecule has 0 amide bonds. The maximum atomic E-state index is 13.0. The molecule has 18 heavy (non-hydrogen) atoms. The zero-order valence-corrected chi connectivity index (χ0v) is 10.4. The first-order chi connectivity index (χ1) is 8.56. The average molecular weight is 258 g/mol. The number of halogens is 3. The third kappa shape index (κ3) is 3.18. The fourth-order valence-electron chi connectivity index (χ4n) is 2.33. The Labute approximate surface area is 105 Å². The van der Waals surface area contributed by atoms with E-state index in [0.717, 1.165) is 30.9 Å². The lowest BCUT2D eigenvalue weighted by molar-refractivity contribution is 0.186. The van der Waals surface area contributed by atoms with Crippen LogP contribution < -0.4 is 4.74 Å². The highest BCUT2D eigenvalue weighted by atomic mass is 19.2. The van der Waals surface area contributed by atoms with Crippen molar-refractivity contribution in [1.82, 2.24) is 0 Å². The predicted molar refractivity (Wildman–Crippen MR) is 62.9 cm³/mol. The van der Waals surface area contributed by atoms with Crippen LogP contribution in [0.5, 0.6) is 5.75 Å². The number of benzene rings is 1. The second kappa shape index (κ2) is 5.63. The van der Waals surface area contributed by atoms with Crippen LogP contribution in [0.4, 0.5) is 13.2 Å². The molecule has 0 aromatic heterocycles. The van der Waals surface area contributed by atoms with E-state index in [1.165, 1.54) is 12.8 Å². The fourth-order valence-corrected chi connectivity index (χ4v) is 2.33. The first-order valence-electron chi connectivity index (χ1n) is 6.33. The summed E-state index contributed by atoms with van der Waals surface area (Å²) in [6.07, 6.45) is 4.49. The molecule has 1 saturated carbocycles. The van der Waals surface area contributed by atoms with Gasteiger partial charge in [-0.3, -0.25) is 0 Å². The Morgan fingerprint density at radius 1 is 1.06 bits per heavy atom. The molecule has 0 atom stereocenters. The van der Waals surface area contributed by atoms with Crippen molar-refractivity contribution in [2.75, 3.05) is 6.61 Å². The molecule has 1 aliphatic rings. The second-order valence-corrected chi connectivity index (χ2v) is 5.14. The van der Waals surface area contributed by atoms with E-state index in [4.69, 9.17) is 4.74 Å². The Kier molecular flexibility index (Phi) is 4.15. The Bertz CT molecular complexity index is 388. The largest absolute Gasteiger partial charge is 0.493 e. The van der Waals surface area contributed by atoms with Gasteiger partial charge in [0.05, 0.1) is 6.61 Å². The van der Waals surface area contributed by atoms with Crippen LogP contribution in [0.15, 0.2) is 12.1 Å². The monoisotopic (exact) mass is 258 g/mol. The van der Waals surface area contributed by atoms with Gasteiger partial charge in [-0.1, -0.05) is 19.8 Å². The number of hydrogen-bond acceptors (Lipinski definition) is 1. The van der Waals surface area contributed by atoms with Crippen LogP contribution in [-0.2, 0) is 0 Å². The van der Waals surface area contributed by atoms with Crippen molar-refractivity contribution < 1.29 is 17.9 Å². The highest BCUT2D eigenvalue weighted by Crippen LogP contribution is 2.29. The zero-order chi connectivity index (χ0) is 13.1. The minimum atomic E-state index is -1.45. The molecule has 0 heterocycles. The summed E-state index contributed by atoms with van der Waals surface area (Å²) >= 11 is 0. The predicted octanol–water partition coefficient (Wildman–Crippen LogP) is 4.31. The van der Waals surface area contributed by atoms with Crippen LogP contribution in [0.25, 0.3) is 0 Å². The smallest absolute Gasteiger partial charge is 0.194 e. The van der Waals surface area contributed by atoms with Crippen molar-refractivity contribution in [2.45, 2.75) is 32.6 Å². The molecule has 0 bridgehead atoms. The Morgan fingerprint density at radius 2 is 1.61 bits per heavy atom. The van der Waals surface area contributed by atoms with Crippen LogP contribution in [0.1, 0.15) is 32.6 Å². The molecule has 4 heteroatoms. The van der Waals surface area contributed by atoms with Gasteiger partial charge in [0, 0.05) is 12.1 Å². The van der Waals surface area contributed by atoms with E-state index in [1.807, 2.05) is 0 Å². The molecule has 0 radical (unpaired) electrons. The van der Waals surface area contributed by atoms with Gasteiger partial charge in [-0.05, 0) is 24.7 Å². The van der Waals surface area contributed by atoms with Crippen LogP contribution in [0.2, 0.25) is 0 Å². The molecule has 1 fully saturated rings. The Morgan fingerprint density at radius 3 is 2.17 bits per heavy atom. The number of rotatable bonds is 3. The van der Waals surface area contributed by atoms with Crippen LogP contribution >= 0.6 is 0 Å². The molecule has 0 saturated heterocycles. The Hall–Kier alpha value is -1.19. The van der Waals surface area contributed by atoms with E-state index in [0.29, 0.717) is 12.5 Å². The molecule has 1 nitrogen and oxygen atoms in total. The van der Waals surface area contributed by atoms with Gasteiger partial charge in [-0.25, -0.2) is 13.2 Å². The van der Waals surface area contributed by atoms with E-state index < -0.39 is 17.5 Å². The third-order valence-electron chi connectivity index (χ3n) is 3.58. The van der Waals surface area contributed by atoms with Crippen molar-refractivity contribution in [2.24, 2.45) is 11.8 Å². The van der Waals surface area contributed by atoms with Crippen molar-refractivity contribution in [1.29, 1.82) is 0 Å². The van der Waals surface area contributed by atoms with Gasteiger partial charge in [0.2, 0.25) is 0 Å². The molecular weight excluding hydrogens is 241 g/mol. The second-order valence-electron chi connectivity index (χ2n) is 5.14. The summed E-state index contributed by atoms with van der Waals surface area (Å²) in [4.78, 5) is 0. The van der Waals surface area contributed by atoms with Gasteiger partial charge in [0.15, 0.2) is 17.5 Å². The summed E-state index contributed by atoms with van der Waals surface area (Å²) in [5.41, 5.74) is 0. The molecular formula is C14H17F3O. The van der Waals surface area contributed by atoms with Gasteiger partial charge in [0.1, 0.15) is 5.75 Å². The topological polar surface area (TPSA) is 9.23 Å². The quantitative estimate of drug-likeness (QED) is 0.734. The van der Waals surface area contributed by atoms with Gasteiger partial charge in [0.25, 0.3) is 0 Å². The number of hydrogen-bond donors (Lipinski definition) is 0. The molecule has 0 spiro atoms. The van der Waals surface area contributed by atoms with Gasteiger partial charge >= 0.3 is 0 Å². The SMILES string of the molecule is CC1CCC(COc2cc(F)c(F)c(F)c2)CC1. The molecule has 0 aliphatic heterocycles. The minimum absolute atomic E-state index is 0.0602. The molecule has 1 aromatic rings. The first kappa shape index (κ1) is 13.2. The summed E-state index contributed by atoms with van der Waals surface area (Å²) in [6.45, 7) is 2.67. The third-order valence-corrected chi connectivity index (χ3v) is 3.58.